The fourth-order valence-electron chi connectivity index (χ4n) is 2.15. The van der Waals surface area contributed by atoms with E-state index >= 15 is 0 Å². The van der Waals surface area contributed by atoms with Crippen LogP contribution in [-0.4, -0.2) is 9.97 Å². The van der Waals surface area contributed by atoms with E-state index < -0.39 is 0 Å². The molecule has 1 aromatic heterocycles. The molecule has 0 aliphatic rings. The van der Waals surface area contributed by atoms with E-state index in [-0.39, 0.29) is 5.82 Å². The lowest BCUT2D eigenvalue weighted by molar-refractivity contribution is 0.627. The maximum Gasteiger partial charge on any atom is 0.224 e. The topological polar surface area (TPSA) is 49.8 Å². The van der Waals surface area contributed by atoms with Gasteiger partial charge in [-0.25, -0.2) is 9.37 Å². The second-order valence-corrected chi connectivity index (χ2v) is 5.60. The number of rotatable bonds is 6. The molecule has 0 saturated heterocycles. The van der Waals surface area contributed by atoms with Gasteiger partial charge in [0, 0.05) is 24.3 Å². The molecule has 0 radical (unpaired) electrons. The summed E-state index contributed by atoms with van der Waals surface area (Å²) in [6.07, 6.45) is 1.68. The van der Waals surface area contributed by atoms with Crippen LogP contribution in [-0.2, 0) is 13.1 Å². The van der Waals surface area contributed by atoms with Crippen molar-refractivity contribution in [2.24, 2.45) is 0 Å². The smallest absolute Gasteiger partial charge is 0.224 e. The predicted octanol–water partition coefficient (Wildman–Crippen LogP) is 4.49. The first-order valence-corrected chi connectivity index (χ1v) is 7.87. The first-order valence-electron chi connectivity index (χ1n) is 7.49. The van der Waals surface area contributed by atoms with Gasteiger partial charge in [0.25, 0.3) is 0 Å². The molecule has 0 spiro atoms. The summed E-state index contributed by atoms with van der Waals surface area (Å²) in [5, 5.41) is 7.06. The van der Waals surface area contributed by atoms with E-state index in [0.717, 1.165) is 11.1 Å². The van der Waals surface area contributed by atoms with Gasteiger partial charge in [0.1, 0.15) is 11.6 Å². The van der Waals surface area contributed by atoms with Crippen LogP contribution in [0.1, 0.15) is 11.1 Å². The quantitative estimate of drug-likeness (QED) is 0.692. The van der Waals surface area contributed by atoms with Crippen molar-refractivity contribution in [3.05, 3.63) is 82.8 Å². The minimum Gasteiger partial charge on any atom is -0.366 e. The molecular weight excluding hydrogens is 327 g/mol. The lowest BCUT2D eigenvalue weighted by Gasteiger charge is -2.09. The molecule has 2 aromatic carbocycles. The molecule has 0 saturated carbocycles. The van der Waals surface area contributed by atoms with Gasteiger partial charge in [0.15, 0.2) is 0 Å². The number of halogens is 2. The first kappa shape index (κ1) is 16.2. The maximum atomic E-state index is 12.9. The number of nitrogens with zero attached hydrogens (tertiary/aromatic N) is 2. The summed E-state index contributed by atoms with van der Waals surface area (Å²) in [5.41, 5.74) is 1.95. The summed E-state index contributed by atoms with van der Waals surface area (Å²) in [6, 6.07) is 15.8. The molecule has 4 nitrogen and oxygen atoms in total. The number of benzene rings is 2. The molecule has 0 amide bonds. The molecule has 122 valence electrons. The number of nitrogens with one attached hydrogen (secondary N) is 2. The molecular formula is C18H16ClFN4. The fraction of sp³-hybridized carbons (Fsp3) is 0.111. The average Bonchev–Trinajstić information content (AvgIpc) is 2.61. The van der Waals surface area contributed by atoms with Crippen LogP contribution in [0.25, 0.3) is 0 Å². The number of hydrogen-bond acceptors (Lipinski definition) is 4. The van der Waals surface area contributed by atoms with Crippen molar-refractivity contribution >= 4 is 23.4 Å². The molecule has 1 heterocycles. The van der Waals surface area contributed by atoms with E-state index in [4.69, 9.17) is 11.6 Å². The van der Waals surface area contributed by atoms with Crippen molar-refractivity contribution in [1.29, 1.82) is 0 Å². The van der Waals surface area contributed by atoms with Crippen molar-refractivity contribution < 1.29 is 4.39 Å². The van der Waals surface area contributed by atoms with Gasteiger partial charge in [0.05, 0.1) is 0 Å². The fourth-order valence-corrected chi connectivity index (χ4v) is 2.36. The van der Waals surface area contributed by atoms with Crippen molar-refractivity contribution in [3.63, 3.8) is 0 Å². The van der Waals surface area contributed by atoms with E-state index in [1.165, 1.54) is 12.1 Å². The Kier molecular flexibility index (Phi) is 5.23. The predicted molar refractivity (Wildman–Crippen MR) is 94.5 cm³/mol. The molecule has 3 rings (SSSR count). The number of anilines is 2. The zero-order chi connectivity index (χ0) is 16.8. The van der Waals surface area contributed by atoms with Crippen LogP contribution < -0.4 is 10.6 Å². The number of hydrogen-bond donors (Lipinski definition) is 2. The van der Waals surface area contributed by atoms with E-state index in [1.54, 1.807) is 24.4 Å². The lowest BCUT2D eigenvalue weighted by Crippen LogP contribution is -2.07. The van der Waals surface area contributed by atoms with Crippen LogP contribution >= 0.6 is 11.6 Å². The zero-order valence-corrected chi connectivity index (χ0v) is 13.6. The van der Waals surface area contributed by atoms with Gasteiger partial charge >= 0.3 is 0 Å². The van der Waals surface area contributed by atoms with Gasteiger partial charge in [-0.1, -0.05) is 41.9 Å². The zero-order valence-electron chi connectivity index (χ0n) is 12.8. The number of aromatic nitrogens is 2. The van der Waals surface area contributed by atoms with E-state index in [0.29, 0.717) is 29.9 Å². The Morgan fingerprint density at radius 2 is 1.71 bits per heavy atom. The normalized spacial score (nSPS) is 10.4. The van der Waals surface area contributed by atoms with Gasteiger partial charge in [-0.3, -0.25) is 0 Å². The largest absolute Gasteiger partial charge is 0.366 e. The van der Waals surface area contributed by atoms with E-state index in [9.17, 15) is 4.39 Å². The molecule has 0 fully saturated rings. The second kappa shape index (κ2) is 7.75. The van der Waals surface area contributed by atoms with E-state index in [1.807, 2.05) is 24.3 Å². The molecule has 0 aliphatic heterocycles. The van der Waals surface area contributed by atoms with Crippen molar-refractivity contribution in [2.75, 3.05) is 10.6 Å². The van der Waals surface area contributed by atoms with Crippen molar-refractivity contribution in [3.8, 4) is 0 Å². The molecule has 6 heteroatoms. The summed E-state index contributed by atoms with van der Waals surface area (Å²) in [4.78, 5) is 8.58. The third kappa shape index (κ3) is 4.43. The third-order valence-electron chi connectivity index (χ3n) is 3.44. The molecule has 0 atom stereocenters. The molecule has 0 aliphatic carbocycles. The minimum atomic E-state index is -0.249. The molecule has 3 aromatic rings. The Morgan fingerprint density at radius 1 is 0.917 bits per heavy atom. The second-order valence-electron chi connectivity index (χ2n) is 5.19. The summed E-state index contributed by atoms with van der Waals surface area (Å²) in [5.74, 6) is 0.954. The average molecular weight is 343 g/mol. The van der Waals surface area contributed by atoms with Crippen LogP contribution in [0.2, 0.25) is 5.02 Å². The summed E-state index contributed by atoms with van der Waals surface area (Å²) < 4.78 is 12.9. The minimum absolute atomic E-state index is 0.249. The van der Waals surface area contributed by atoms with Gasteiger partial charge in [-0.2, -0.15) is 4.98 Å². The lowest BCUT2D eigenvalue weighted by atomic mass is 10.2. The Morgan fingerprint density at radius 3 is 2.50 bits per heavy atom. The first-order chi connectivity index (χ1) is 11.7. The van der Waals surface area contributed by atoms with Crippen LogP contribution in [0.5, 0.6) is 0 Å². The van der Waals surface area contributed by atoms with Gasteiger partial charge < -0.3 is 10.6 Å². The highest BCUT2D eigenvalue weighted by atomic mass is 35.5. The summed E-state index contributed by atoms with van der Waals surface area (Å²) in [6.45, 7) is 1.10. The van der Waals surface area contributed by atoms with Crippen LogP contribution in [0.15, 0.2) is 60.8 Å². The van der Waals surface area contributed by atoms with Crippen LogP contribution in [0.4, 0.5) is 16.2 Å². The Balaban J connectivity index is 1.59. The standard InChI is InChI=1S/C18H16ClFN4/c19-16-4-2-1-3-14(16)12-22-17-9-10-21-18(24-17)23-11-13-5-7-15(20)8-6-13/h1-10H,11-12H2,(H2,21,22,23,24). The Labute approximate surface area is 144 Å². The SMILES string of the molecule is Fc1ccc(CNc2nccc(NCc3ccccc3Cl)n2)cc1. The third-order valence-corrected chi connectivity index (χ3v) is 3.81. The monoisotopic (exact) mass is 342 g/mol. The highest BCUT2D eigenvalue weighted by Gasteiger charge is 2.02. The van der Waals surface area contributed by atoms with Gasteiger partial charge in [-0.05, 0) is 35.4 Å². The molecule has 2 N–H and O–H groups in total. The van der Waals surface area contributed by atoms with Crippen LogP contribution in [0.3, 0.4) is 0 Å². The van der Waals surface area contributed by atoms with Crippen LogP contribution in [0, 0.1) is 5.82 Å². The van der Waals surface area contributed by atoms with Gasteiger partial charge in [0.2, 0.25) is 5.95 Å². The molecule has 24 heavy (non-hydrogen) atoms. The maximum absolute atomic E-state index is 12.9. The van der Waals surface area contributed by atoms with E-state index in [2.05, 4.69) is 20.6 Å². The molecule has 0 bridgehead atoms. The Bertz CT molecular complexity index is 808. The highest BCUT2D eigenvalue weighted by Crippen LogP contribution is 2.16. The summed E-state index contributed by atoms with van der Waals surface area (Å²) >= 11 is 6.14. The highest BCUT2D eigenvalue weighted by molar-refractivity contribution is 6.31. The van der Waals surface area contributed by atoms with Crippen molar-refractivity contribution in [2.45, 2.75) is 13.1 Å². The van der Waals surface area contributed by atoms with Crippen molar-refractivity contribution in [1.82, 2.24) is 9.97 Å². The van der Waals surface area contributed by atoms with Gasteiger partial charge in [-0.15, -0.1) is 0 Å². The Hall–Kier alpha value is -2.66. The summed E-state index contributed by atoms with van der Waals surface area (Å²) in [7, 11) is 0. The molecule has 0 unspecified atom stereocenters.